The Morgan fingerprint density at radius 2 is 2.00 bits per heavy atom. The third-order valence-corrected chi connectivity index (χ3v) is 5.19. The summed E-state index contributed by atoms with van der Waals surface area (Å²) in [7, 11) is 0. The van der Waals surface area contributed by atoms with E-state index in [1.807, 2.05) is 30.3 Å². The Kier molecular flexibility index (Phi) is 4.69. The van der Waals surface area contributed by atoms with E-state index >= 15 is 0 Å². The van der Waals surface area contributed by atoms with E-state index in [2.05, 4.69) is 15.5 Å². The summed E-state index contributed by atoms with van der Waals surface area (Å²) in [5, 5.41) is 6.85. The first-order valence-electron chi connectivity index (χ1n) is 9.18. The van der Waals surface area contributed by atoms with Gasteiger partial charge < -0.3 is 14.7 Å². The summed E-state index contributed by atoms with van der Waals surface area (Å²) in [6, 6.07) is 8.95. The summed E-state index contributed by atoms with van der Waals surface area (Å²) in [6.07, 6.45) is 4.26. The maximum absolute atomic E-state index is 12.9. The number of nitrogens with one attached hydrogen (secondary N) is 1. The van der Waals surface area contributed by atoms with E-state index in [1.54, 1.807) is 4.90 Å². The van der Waals surface area contributed by atoms with Crippen LogP contribution in [0.15, 0.2) is 34.9 Å². The van der Waals surface area contributed by atoms with Crippen molar-refractivity contribution in [1.82, 2.24) is 20.4 Å². The lowest BCUT2D eigenvalue weighted by Gasteiger charge is -2.36. The molecule has 4 rings (SSSR count). The van der Waals surface area contributed by atoms with E-state index in [0.29, 0.717) is 24.8 Å². The van der Waals surface area contributed by atoms with Gasteiger partial charge in [0.1, 0.15) is 6.04 Å². The predicted molar refractivity (Wildman–Crippen MR) is 93.9 cm³/mol. The van der Waals surface area contributed by atoms with Gasteiger partial charge >= 0.3 is 0 Å². The first-order valence-corrected chi connectivity index (χ1v) is 9.18. The van der Waals surface area contributed by atoms with Crippen LogP contribution in [-0.4, -0.2) is 46.0 Å². The molecule has 0 spiro atoms. The Labute approximate surface area is 151 Å². The second-order valence-electron chi connectivity index (χ2n) is 6.90. The largest absolute Gasteiger partial charge is 0.353 e. The van der Waals surface area contributed by atoms with Gasteiger partial charge in [0.15, 0.2) is 0 Å². The second-order valence-corrected chi connectivity index (χ2v) is 6.90. The van der Waals surface area contributed by atoms with Crippen LogP contribution >= 0.6 is 0 Å². The van der Waals surface area contributed by atoms with Crippen molar-refractivity contribution in [3.05, 3.63) is 36.2 Å². The molecule has 136 valence electrons. The summed E-state index contributed by atoms with van der Waals surface area (Å²) in [5.74, 6) is 0.846. The SMILES string of the molecule is O=C1NCCN(C(=O)C2CCCC2)C1Cc1nc(-c2ccccc2)no1. The normalized spacial score (nSPS) is 21.0. The first-order chi connectivity index (χ1) is 12.7. The van der Waals surface area contributed by atoms with Crippen LogP contribution in [0.1, 0.15) is 31.6 Å². The zero-order chi connectivity index (χ0) is 17.9. The quantitative estimate of drug-likeness (QED) is 0.904. The van der Waals surface area contributed by atoms with Crippen molar-refractivity contribution in [3.63, 3.8) is 0 Å². The molecule has 7 nitrogen and oxygen atoms in total. The Balaban J connectivity index is 1.51. The van der Waals surface area contributed by atoms with Crippen LogP contribution in [0.2, 0.25) is 0 Å². The average Bonchev–Trinajstić information content (AvgIpc) is 3.35. The Hall–Kier alpha value is -2.70. The number of amides is 2. The van der Waals surface area contributed by atoms with Gasteiger partial charge in [0, 0.05) is 24.6 Å². The number of nitrogens with zero attached hydrogens (tertiary/aromatic N) is 3. The van der Waals surface area contributed by atoms with Crippen molar-refractivity contribution in [2.24, 2.45) is 5.92 Å². The second kappa shape index (κ2) is 7.27. The summed E-state index contributed by atoms with van der Waals surface area (Å²) in [4.78, 5) is 31.4. The third-order valence-electron chi connectivity index (χ3n) is 5.19. The van der Waals surface area contributed by atoms with Crippen LogP contribution in [0, 0.1) is 5.92 Å². The molecular formula is C19H22N4O3. The minimum absolute atomic E-state index is 0.0472. The topological polar surface area (TPSA) is 88.3 Å². The van der Waals surface area contributed by atoms with E-state index in [-0.39, 0.29) is 24.2 Å². The lowest BCUT2D eigenvalue weighted by atomic mass is 10.0. The van der Waals surface area contributed by atoms with E-state index in [1.165, 1.54) is 0 Å². The maximum Gasteiger partial charge on any atom is 0.243 e. The van der Waals surface area contributed by atoms with Crippen LogP contribution in [-0.2, 0) is 16.0 Å². The van der Waals surface area contributed by atoms with Crippen molar-refractivity contribution in [1.29, 1.82) is 0 Å². The highest BCUT2D eigenvalue weighted by Crippen LogP contribution is 2.28. The number of benzene rings is 1. The highest BCUT2D eigenvalue weighted by molar-refractivity contribution is 5.89. The van der Waals surface area contributed by atoms with Crippen molar-refractivity contribution < 1.29 is 14.1 Å². The summed E-state index contributed by atoms with van der Waals surface area (Å²) in [6.45, 7) is 1.03. The Morgan fingerprint density at radius 1 is 1.23 bits per heavy atom. The molecule has 7 heteroatoms. The molecule has 1 atom stereocenters. The molecule has 2 aliphatic rings. The molecule has 1 saturated carbocycles. The minimum Gasteiger partial charge on any atom is -0.353 e. The van der Waals surface area contributed by atoms with Gasteiger partial charge in [-0.15, -0.1) is 0 Å². The number of hydrogen-bond acceptors (Lipinski definition) is 5. The van der Waals surface area contributed by atoms with Gasteiger partial charge in [-0.1, -0.05) is 48.3 Å². The number of hydrogen-bond donors (Lipinski definition) is 1. The van der Waals surface area contributed by atoms with E-state index < -0.39 is 6.04 Å². The van der Waals surface area contributed by atoms with Gasteiger partial charge in [-0.3, -0.25) is 9.59 Å². The smallest absolute Gasteiger partial charge is 0.243 e. The monoisotopic (exact) mass is 354 g/mol. The molecule has 2 amide bonds. The third kappa shape index (κ3) is 3.34. The molecule has 2 fully saturated rings. The number of piperazine rings is 1. The number of carbonyl (C=O) groups excluding carboxylic acids is 2. The van der Waals surface area contributed by atoms with Crippen LogP contribution in [0.25, 0.3) is 11.4 Å². The lowest BCUT2D eigenvalue weighted by molar-refractivity contribution is -0.146. The molecule has 0 bridgehead atoms. The molecule has 26 heavy (non-hydrogen) atoms. The number of carbonyl (C=O) groups is 2. The lowest BCUT2D eigenvalue weighted by Crippen LogP contribution is -2.59. The van der Waals surface area contributed by atoms with E-state index in [4.69, 9.17) is 4.52 Å². The maximum atomic E-state index is 12.9. The molecule has 1 aromatic heterocycles. The van der Waals surface area contributed by atoms with Gasteiger partial charge in [-0.05, 0) is 12.8 Å². The molecular weight excluding hydrogens is 332 g/mol. The first kappa shape index (κ1) is 16.8. The average molecular weight is 354 g/mol. The van der Waals surface area contributed by atoms with Gasteiger partial charge in [0.2, 0.25) is 23.5 Å². The fraction of sp³-hybridized carbons (Fsp3) is 0.474. The molecule has 1 unspecified atom stereocenters. The molecule has 0 radical (unpaired) electrons. The Bertz CT molecular complexity index is 783. The zero-order valence-electron chi connectivity index (χ0n) is 14.6. The highest BCUT2D eigenvalue weighted by atomic mass is 16.5. The number of rotatable bonds is 4. The fourth-order valence-electron chi connectivity index (χ4n) is 3.80. The molecule has 1 saturated heterocycles. The minimum atomic E-state index is -0.582. The van der Waals surface area contributed by atoms with Crippen LogP contribution < -0.4 is 5.32 Å². The number of aromatic nitrogens is 2. The van der Waals surface area contributed by atoms with Crippen LogP contribution in [0.4, 0.5) is 0 Å². The van der Waals surface area contributed by atoms with Crippen LogP contribution in [0.3, 0.4) is 0 Å². The van der Waals surface area contributed by atoms with Gasteiger partial charge in [0.05, 0.1) is 6.42 Å². The van der Waals surface area contributed by atoms with E-state index in [0.717, 1.165) is 31.2 Å². The zero-order valence-corrected chi connectivity index (χ0v) is 14.6. The standard InChI is InChI=1S/C19H22N4O3/c24-18-15(23(11-10-20-18)19(25)14-8-4-5-9-14)12-16-21-17(22-26-16)13-6-2-1-3-7-13/h1-3,6-7,14-15H,4-5,8-12H2,(H,20,24). The highest BCUT2D eigenvalue weighted by Gasteiger charge is 2.38. The van der Waals surface area contributed by atoms with Crippen LogP contribution in [0.5, 0.6) is 0 Å². The van der Waals surface area contributed by atoms with Gasteiger partial charge in [-0.2, -0.15) is 4.98 Å². The molecule has 1 N–H and O–H groups in total. The summed E-state index contributed by atoms with van der Waals surface area (Å²) < 4.78 is 5.34. The Morgan fingerprint density at radius 3 is 2.77 bits per heavy atom. The molecule has 1 aliphatic carbocycles. The fourth-order valence-corrected chi connectivity index (χ4v) is 3.80. The predicted octanol–water partition coefficient (Wildman–Crippen LogP) is 1.80. The van der Waals surface area contributed by atoms with Crippen molar-refractivity contribution in [2.45, 2.75) is 38.1 Å². The summed E-state index contributed by atoms with van der Waals surface area (Å²) >= 11 is 0. The van der Waals surface area contributed by atoms with Crippen molar-refractivity contribution >= 4 is 11.8 Å². The van der Waals surface area contributed by atoms with Crippen molar-refractivity contribution in [2.75, 3.05) is 13.1 Å². The summed E-state index contributed by atoms with van der Waals surface area (Å²) in [5.41, 5.74) is 0.856. The van der Waals surface area contributed by atoms with Gasteiger partial charge in [-0.25, -0.2) is 0 Å². The van der Waals surface area contributed by atoms with Gasteiger partial charge in [0.25, 0.3) is 0 Å². The molecule has 2 heterocycles. The molecule has 1 aliphatic heterocycles. The molecule has 1 aromatic carbocycles. The molecule has 2 aromatic rings. The van der Waals surface area contributed by atoms with E-state index in [9.17, 15) is 9.59 Å². The van der Waals surface area contributed by atoms with Crippen molar-refractivity contribution in [3.8, 4) is 11.4 Å².